The van der Waals surface area contributed by atoms with Crippen molar-refractivity contribution in [3.05, 3.63) is 64.8 Å². The van der Waals surface area contributed by atoms with E-state index in [4.69, 9.17) is 4.74 Å². The molecule has 146 valence electrons. The number of rotatable bonds is 6. The first kappa shape index (κ1) is 20.1. The van der Waals surface area contributed by atoms with Crippen molar-refractivity contribution in [3.63, 3.8) is 0 Å². The average Bonchev–Trinajstić information content (AvgIpc) is 2.86. The molecule has 2 aromatic rings. The topological polar surface area (TPSA) is 46.6 Å². The third-order valence-corrected chi connectivity index (χ3v) is 5.08. The fraction of sp³-hybridized carbons (Fsp3) is 0.273. The second-order valence-electron chi connectivity index (χ2n) is 6.96. The maximum Gasteiger partial charge on any atom is 0.272 e. The molecule has 0 radical (unpaired) electrons. The molecule has 6 heteroatoms. The van der Waals surface area contributed by atoms with Gasteiger partial charge in [0.2, 0.25) is 0 Å². The summed E-state index contributed by atoms with van der Waals surface area (Å²) in [5, 5.41) is 0.101. The molecule has 0 aromatic heterocycles. The van der Waals surface area contributed by atoms with Crippen molar-refractivity contribution >= 4 is 34.8 Å². The summed E-state index contributed by atoms with van der Waals surface area (Å²) in [7, 11) is 0. The number of carbonyl (C=O) groups excluding carboxylic acids is 2. The number of benzene rings is 2. The van der Waals surface area contributed by atoms with Crippen LogP contribution in [0.15, 0.2) is 53.4 Å². The highest BCUT2D eigenvalue weighted by Gasteiger charge is 2.41. The molecule has 0 saturated carbocycles. The molecule has 0 saturated heterocycles. The number of hydrogen-bond donors (Lipinski definition) is 0. The first-order chi connectivity index (χ1) is 13.3. The Bertz CT molecular complexity index is 935. The molecule has 1 heterocycles. The van der Waals surface area contributed by atoms with Crippen LogP contribution in [0.2, 0.25) is 0 Å². The summed E-state index contributed by atoms with van der Waals surface area (Å²) in [6, 6.07) is 12.6. The van der Waals surface area contributed by atoms with Crippen molar-refractivity contribution < 1.29 is 18.7 Å². The minimum atomic E-state index is -0.431. The molecule has 2 aromatic carbocycles. The Morgan fingerprint density at radius 1 is 0.929 bits per heavy atom. The quantitative estimate of drug-likeness (QED) is 0.639. The minimum absolute atomic E-state index is 0.101. The number of halogens is 1. The minimum Gasteiger partial charge on any atom is -0.489 e. The van der Waals surface area contributed by atoms with Gasteiger partial charge in [0, 0.05) is 5.25 Å². The van der Waals surface area contributed by atoms with Gasteiger partial charge >= 0.3 is 0 Å². The Kier molecular flexibility index (Phi) is 5.89. The van der Waals surface area contributed by atoms with Gasteiger partial charge in [-0.05, 0) is 43.7 Å². The number of hydrogen-bond acceptors (Lipinski definition) is 4. The average molecular weight is 399 g/mol. The number of imide groups is 1. The molecule has 28 heavy (non-hydrogen) atoms. The number of carbonyl (C=O) groups is 2. The number of thioether (sulfide) groups is 1. The Labute approximate surface area is 168 Å². The van der Waals surface area contributed by atoms with Gasteiger partial charge in [-0.2, -0.15) is 0 Å². The van der Waals surface area contributed by atoms with Gasteiger partial charge in [-0.3, -0.25) is 9.59 Å². The SMILES string of the molecule is CC(C)Oc1ccccc1N1C(=O)C(SC(C)C)=C(c2ccc(F)cc2)C1=O. The molecule has 0 atom stereocenters. The summed E-state index contributed by atoms with van der Waals surface area (Å²) >= 11 is 1.33. The van der Waals surface area contributed by atoms with Gasteiger partial charge in [0.05, 0.1) is 22.3 Å². The van der Waals surface area contributed by atoms with E-state index in [1.165, 1.54) is 36.0 Å². The highest BCUT2D eigenvalue weighted by molar-refractivity contribution is 8.04. The van der Waals surface area contributed by atoms with Crippen LogP contribution in [0.3, 0.4) is 0 Å². The van der Waals surface area contributed by atoms with Crippen LogP contribution in [-0.2, 0) is 9.59 Å². The van der Waals surface area contributed by atoms with Crippen LogP contribution in [-0.4, -0.2) is 23.2 Å². The van der Waals surface area contributed by atoms with Crippen molar-refractivity contribution in [2.45, 2.75) is 39.0 Å². The lowest BCUT2D eigenvalue weighted by atomic mass is 10.1. The first-order valence-corrected chi connectivity index (χ1v) is 9.99. The van der Waals surface area contributed by atoms with E-state index in [0.29, 0.717) is 27.5 Å². The van der Waals surface area contributed by atoms with Gasteiger partial charge in [0.1, 0.15) is 11.6 Å². The maximum absolute atomic E-state index is 13.4. The molecule has 0 N–H and O–H groups in total. The van der Waals surface area contributed by atoms with Crippen molar-refractivity contribution in [3.8, 4) is 5.75 Å². The standard InChI is InChI=1S/C22H22FNO3S/c1-13(2)27-18-8-6-5-7-17(18)24-21(25)19(15-9-11-16(23)12-10-15)20(22(24)26)28-14(3)4/h5-14H,1-4H3. The van der Waals surface area contributed by atoms with Crippen LogP contribution in [0, 0.1) is 5.82 Å². The lowest BCUT2D eigenvalue weighted by molar-refractivity contribution is -0.119. The van der Waals surface area contributed by atoms with E-state index < -0.39 is 11.7 Å². The van der Waals surface area contributed by atoms with Crippen LogP contribution in [0.25, 0.3) is 5.57 Å². The molecule has 0 aliphatic carbocycles. The second-order valence-corrected chi connectivity index (χ2v) is 8.54. The molecule has 3 rings (SSSR count). The van der Waals surface area contributed by atoms with Crippen molar-refractivity contribution in [2.75, 3.05) is 4.90 Å². The van der Waals surface area contributed by atoms with Crippen LogP contribution in [0.5, 0.6) is 5.75 Å². The van der Waals surface area contributed by atoms with Crippen molar-refractivity contribution in [1.29, 1.82) is 0 Å². The Morgan fingerprint density at radius 2 is 1.57 bits per heavy atom. The molecule has 0 spiro atoms. The van der Waals surface area contributed by atoms with Gasteiger partial charge in [0.25, 0.3) is 11.8 Å². The van der Waals surface area contributed by atoms with E-state index in [1.807, 2.05) is 27.7 Å². The van der Waals surface area contributed by atoms with E-state index in [-0.39, 0.29) is 17.3 Å². The molecular formula is C22H22FNO3S. The van der Waals surface area contributed by atoms with E-state index in [9.17, 15) is 14.0 Å². The fourth-order valence-electron chi connectivity index (χ4n) is 2.94. The van der Waals surface area contributed by atoms with Gasteiger partial charge < -0.3 is 4.74 Å². The summed E-state index contributed by atoms with van der Waals surface area (Å²) in [6.07, 6.45) is -0.108. The number of ether oxygens (including phenoxy) is 1. The molecule has 1 aliphatic heterocycles. The molecule has 0 fully saturated rings. The van der Waals surface area contributed by atoms with Crippen molar-refractivity contribution in [2.24, 2.45) is 0 Å². The van der Waals surface area contributed by atoms with Crippen molar-refractivity contribution in [1.82, 2.24) is 0 Å². The fourth-order valence-corrected chi connectivity index (χ4v) is 3.93. The van der Waals surface area contributed by atoms with Crippen LogP contribution in [0.1, 0.15) is 33.3 Å². The summed E-state index contributed by atoms with van der Waals surface area (Å²) in [5.74, 6) is -0.748. The van der Waals surface area contributed by atoms with Crippen LogP contribution >= 0.6 is 11.8 Å². The molecular weight excluding hydrogens is 377 g/mol. The molecule has 1 aliphatic rings. The lowest BCUT2D eigenvalue weighted by Crippen LogP contribution is -2.32. The first-order valence-electron chi connectivity index (χ1n) is 9.11. The summed E-state index contributed by atoms with van der Waals surface area (Å²) in [6.45, 7) is 7.67. The van der Waals surface area contributed by atoms with E-state index >= 15 is 0 Å². The number of anilines is 1. The molecule has 2 amide bonds. The van der Waals surface area contributed by atoms with E-state index in [2.05, 4.69) is 0 Å². The van der Waals surface area contributed by atoms with Gasteiger partial charge in [-0.1, -0.05) is 38.1 Å². The Hall–Kier alpha value is -2.60. The van der Waals surface area contributed by atoms with E-state index in [1.54, 1.807) is 24.3 Å². The highest BCUT2D eigenvalue weighted by atomic mass is 32.2. The zero-order chi connectivity index (χ0) is 20.4. The zero-order valence-corrected chi connectivity index (χ0v) is 17.0. The summed E-state index contributed by atoms with van der Waals surface area (Å²) < 4.78 is 19.2. The third-order valence-electron chi connectivity index (χ3n) is 4.00. The second kappa shape index (κ2) is 8.19. The molecule has 0 unspecified atom stereocenters. The van der Waals surface area contributed by atoms with Gasteiger partial charge in [0.15, 0.2) is 0 Å². The predicted molar refractivity (Wildman–Crippen MR) is 111 cm³/mol. The monoisotopic (exact) mass is 399 g/mol. The maximum atomic E-state index is 13.4. The van der Waals surface area contributed by atoms with Gasteiger partial charge in [-0.25, -0.2) is 9.29 Å². The Morgan fingerprint density at radius 3 is 2.18 bits per heavy atom. The number of nitrogens with zero attached hydrogens (tertiary/aromatic N) is 1. The lowest BCUT2D eigenvalue weighted by Gasteiger charge is -2.20. The smallest absolute Gasteiger partial charge is 0.272 e. The predicted octanol–water partition coefficient (Wildman–Crippen LogP) is 5.04. The highest BCUT2D eigenvalue weighted by Crippen LogP contribution is 2.42. The normalized spacial score (nSPS) is 14.6. The summed E-state index contributed by atoms with van der Waals surface area (Å²) in [5.41, 5.74) is 1.22. The van der Waals surface area contributed by atoms with Crippen LogP contribution in [0.4, 0.5) is 10.1 Å². The number of amides is 2. The van der Waals surface area contributed by atoms with Crippen LogP contribution < -0.4 is 9.64 Å². The third kappa shape index (κ3) is 3.97. The summed E-state index contributed by atoms with van der Waals surface area (Å²) in [4.78, 5) is 28.1. The largest absolute Gasteiger partial charge is 0.489 e. The molecule has 4 nitrogen and oxygen atoms in total. The molecule has 0 bridgehead atoms. The van der Waals surface area contributed by atoms with E-state index in [0.717, 1.165) is 4.90 Å². The number of para-hydroxylation sites is 2. The van der Waals surface area contributed by atoms with Gasteiger partial charge in [-0.15, -0.1) is 11.8 Å². The Balaban J connectivity index is 2.10. The zero-order valence-electron chi connectivity index (χ0n) is 16.2.